The van der Waals surface area contributed by atoms with Crippen LogP contribution in [0.3, 0.4) is 0 Å². The summed E-state index contributed by atoms with van der Waals surface area (Å²) in [7, 11) is 1.62. The highest BCUT2D eigenvalue weighted by atomic mass is 79.9. The van der Waals surface area contributed by atoms with Crippen molar-refractivity contribution in [2.75, 3.05) is 12.4 Å². The smallest absolute Gasteiger partial charge is 0.137 e. The van der Waals surface area contributed by atoms with Gasteiger partial charge in [0, 0.05) is 18.3 Å². The maximum Gasteiger partial charge on any atom is 0.137 e. The second kappa shape index (κ2) is 6.39. The monoisotopic (exact) mass is 387 g/mol. The van der Waals surface area contributed by atoms with Gasteiger partial charge in [-0.25, -0.2) is 4.39 Å². The lowest BCUT2D eigenvalue weighted by atomic mass is 10.2. The van der Waals surface area contributed by atoms with Crippen LogP contribution in [-0.2, 0) is 6.54 Å². The van der Waals surface area contributed by atoms with Gasteiger partial charge in [0.15, 0.2) is 0 Å². The van der Waals surface area contributed by atoms with Gasteiger partial charge in [-0.05, 0) is 61.7 Å². The van der Waals surface area contributed by atoms with E-state index in [0.29, 0.717) is 11.0 Å². The maximum absolute atomic E-state index is 13.4. The predicted molar refractivity (Wildman–Crippen MR) is 82.1 cm³/mol. The molecule has 0 saturated carbocycles. The third-order valence-corrected chi connectivity index (χ3v) is 3.93. The van der Waals surface area contributed by atoms with E-state index in [4.69, 9.17) is 4.74 Å². The molecular weight excluding hydrogens is 377 g/mol. The van der Waals surface area contributed by atoms with Crippen molar-refractivity contribution in [1.29, 1.82) is 0 Å². The molecule has 0 saturated heterocycles. The molecule has 0 amide bonds. The van der Waals surface area contributed by atoms with Crippen LogP contribution in [0.2, 0.25) is 0 Å². The van der Waals surface area contributed by atoms with Crippen LogP contribution in [0.5, 0.6) is 5.75 Å². The first-order valence-corrected chi connectivity index (χ1v) is 7.20. The van der Waals surface area contributed by atoms with Gasteiger partial charge in [0.25, 0.3) is 0 Å². The minimum atomic E-state index is -0.257. The topological polar surface area (TPSA) is 21.3 Å². The van der Waals surface area contributed by atoms with Crippen LogP contribution in [0.1, 0.15) is 5.56 Å². The van der Waals surface area contributed by atoms with Gasteiger partial charge in [0.05, 0.1) is 16.1 Å². The zero-order chi connectivity index (χ0) is 13.8. The average Bonchev–Trinajstić information content (AvgIpc) is 2.41. The molecule has 0 fully saturated rings. The van der Waals surface area contributed by atoms with E-state index in [9.17, 15) is 4.39 Å². The number of hydrogen-bond donors (Lipinski definition) is 1. The van der Waals surface area contributed by atoms with Crippen LogP contribution in [0.25, 0.3) is 0 Å². The van der Waals surface area contributed by atoms with Crippen molar-refractivity contribution in [3.63, 3.8) is 0 Å². The number of benzene rings is 2. The van der Waals surface area contributed by atoms with E-state index in [1.807, 2.05) is 24.3 Å². The number of rotatable bonds is 4. The molecule has 2 aromatic rings. The predicted octanol–water partition coefficient (Wildman–Crippen LogP) is 4.97. The fourth-order valence-corrected chi connectivity index (χ4v) is 2.28. The van der Waals surface area contributed by atoms with Crippen LogP contribution < -0.4 is 10.1 Å². The Labute approximate surface area is 128 Å². The fourth-order valence-electron chi connectivity index (χ4n) is 1.62. The maximum atomic E-state index is 13.4. The number of hydrogen-bond acceptors (Lipinski definition) is 2. The second-order valence-electron chi connectivity index (χ2n) is 3.95. The lowest BCUT2D eigenvalue weighted by molar-refractivity contribution is 0.412. The molecule has 0 bridgehead atoms. The molecule has 19 heavy (non-hydrogen) atoms. The van der Waals surface area contributed by atoms with Crippen LogP contribution in [-0.4, -0.2) is 7.11 Å². The van der Waals surface area contributed by atoms with Gasteiger partial charge in [-0.15, -0.1) is 0 Å². The lowest BCUT2D eigenvalue weighted by Crippen LogP contribution is -2.00. The largest absolute Gasteiger partial charge is 0.495 e. The van der Waals surface area contributed by atoms with Crippen molar-refractivity contribution >= 4 is 37.5 Å². The van der Waals surface area contributed by atoms with Crippen LogP contribution in [0.4, 0.5) is 10.1 Å². The van der Waals surface area contributed by atoms with Crippen molar-refractivity contribution in [3.8, 4) is 5.75 Å². The second-order valence-corrected chi connectivity index (χ2v) is 5.66. The summed E-state index contributed by atoms with van der Waals surface area (Å²) < 4.78 is 20.0. The molecule has 0 aliphatic heterocycles. The molecule has 0 aliphatic carbocycles. The molecule has 0 aliphatic rings. The van der Waals surface area contributed by atoms with E-state index in [-0.39, 0.29) is 5.82 Å². The number of methoxy groups -OCH3 is 1. The van der Waals surface area contributed by atoms with E-state index in [2.05, 4.69) is 37.2 Å². The van der Waals surface area contributed by atoms with Crippen molar-refractivity contribution in [2.45, 2.75) is 6.54 Å². The molecular formula is C14H12Br2FNO. The molecule has 2 rings (SSSR count). The number of halogens is 3. The molecule has 0 atom stereocenters. The molecule has 0 radical (unpaired) electrons. The number of ether oxygens (including phenoxy) is 1. The third-order valence-electron chi connectivity index (χ3n) is 2.63. The summed E-state index contributed by atoms with van der Waals surface area (Å²) in [5.74, 6) is 0.500. The quantitative estimate of drug-likeness (QED) is 0.798. The highest BCUT2D eigenvalue weighted by Crippen LogP contribution is 2.28. The Kier molecular flexibility index (Phi) is 4.82. The van der Waals surface area contributed by atoms with Crippen LogP contribution in [0, 0.1) is 5.82 Å². The Bertz CT molecular complexity index is 590. The molecule has 1 N–H and O–H groups in total. The van der Waals surface area contributed by atoms with Gasteiger partial charge in [0.1, 0.15) is 11.6 Å². The molecule has 0 spiro atoms. The highest BCUT2D eigenvalue weighted by Gasteiger charge is 2.03. The van der Waals surface area contributed by atoms with Gasteiger partial charge >= 0.3 is 0 Å². The summed E-state index contributed by atoms with van der Waals surface area (Å²) in [6.07, 6.45) is 0. The normalized spacial score (nSPS) is 10.3. The summed E-state index contributed by atoms with van der Waals surface area (Å²) in [4.78, 5) is 0. The van der Waals surface area contributed by atoms with Crippen LogP contribution in [0.15, 0.2) is 45.3 Å². The minimum Gasteiger partial charge on any atom is -0.495 e. The van der Waals surface area contributed by atoms with Gasteiger partial charge in [-0.1, -0.05) is 6.07 Å². The highest BCUT2D eigenvalue weighted by molar-refractivity contribution is 9.10. The zero-order valence-electron chi connectivity index (χ0n) is 10.2. The number of anilines is 1. The summed E-state index contributed by atoms with van der Waals surface area (Å²) >= 11 is 6.53. The first kappa shape index (κ1) is 14.3. The Balaban J connectivity index is 2.07. The fraction of sp³-hybridized carbons (Fsp3) is 0.143. The first-order chi connectivity index (χ1) is 9.10. The molecule has 0 heterocycles. The molecule has 2 nitrogen and oxygen atoms in total. The first-order valence-electron chi connectivity index (χ1n) is 5.61. The summed E-state index contributed by atoms with van der Waals surface area (Å²) in [5.41, 5.74) is 1.80. The Morgan fingerprint density at radius 1 is 1.11 bits per heavy atom. The Hall–Kier alpha value is -1.07. The summed E-state index contributed by atoms with van der Waals surface area (Å²) in [6, 6.07) is 10.8. The summed E-state index contributed by atoms with van der Waals surface area (Å²) in [5, 5.41) is 3.23. The van der Waals surface area contributed by atoms with Crippen molar-refractivity contribution in [3.05, 3.63) is 56.7 Å². The van der Waals surface area contributed by atoms with Crippen molar-refractivity contribution in [1.82, 2.24) is 0 Å². The molecule has 5 heteroatoms. The van der Waals surface area contributed by atoms with E-state index in [1.165, 1.54) is 6.07 Å². The SMILES string of the molecule is COc1cc(NCc2ccc(Br)c(F)c2)ccc1Br. The molecule has 0 aromatic heterocycles. The van der Waals surface area contributed by atoms with Crippen molar-refractivity contribution < 1.29 is 9.13 Å². The minimum absolute atomic E-state index is 0.257. The standard InChI is InChI=1S/C14H12Br2FNO/c1-19-14-7-10(3-5-12(14)16)18-8-9-2-4-11(15)13(17)6-9/h2-7,18H,8H2,1H3. The molecule has 0 unspecified atom stereocenters. The molecule has 2 aromatic carbocycles. The number of nitrogens with one attached hydrogen (secondary N) is 1. The van der Waals surface area contributed by atoms with Gasteiger partial charge in [-0.3, -0.25) is 0 Å². The Morgan fingerprint density at radius 3 is 2.53 bits per heavy atom. The Morgan fingerprint density at radius 2 is 1.84 bits per heavy atom. The summed E-state index contributed by atoms with van der Waals surface area (Å²) in [6.45, 7) is 0.551. The van der Waals surface area contributed by atoms with Crippen LogP contribution >= 0.6 is 31.9 Å². The lowest BCUT2D eigenvalue weighted by Gasteiger charge is -2.10. The zero-order valence-corrected chi connectivity index (χ0v) is 13.4. The third kappa shape index (κ3) is 3.70. The van der Waals surface area contributed by atoms with Gasteiger partial charge in [-0.2, -0.15) is 0 Å². The molecule has 100 valence electrons. The van der Waals surface area contributed by atoms with E-state index >= 15 is 0 Å². The van der Waals surface area contributed by atoms with E-state index in [0.717, 1.165) is 21.5 Å². The average molecular weight is 389 g/mol. The van der Waals surface area contributed by atoms with E-state index in [1.54, 1.807) is 13.2 Å². The van der Waals surface area contributed by atoms with Crippen molar-refractivity contribution in [2.24, 2.45) is 0 Å². The van der Waals surface area contributed by atoms with E-state index < -0.39 is 0 Å². The van der Waals surface area contributed by atoms with Gasteiger partial charge in [0.2, 0.25) is 0 Å². The van der Waals surface area contributed by atoms with Gasteiger partial charge < -0.3 is 10.1 Å².